The Kier molecular flexibility index (Phi) is 6.01. The van der Waals surface area contributed by atoms with Crippen LogP contribution in [0.4, 0.5) is 8.78 Å². The summed E-state index contributed by atoms with van der Waals surface area (Å²) in [4.78, 5) is 2.33. The first kappa shape index (κ1) is 17.4. The number of para-hydroxylation sites is 1. The monoisotopic (exact) mass is 332 g/mol. The van der Waals surface area contributed by atoms with Crippen molar-refractivity contribution in [2.75, 3.05) is 13.1 Å². The minimum atomic E-state index is -2.78. The van der Waals surface area contributed by atoms with Gasteiger partial charge in [0, 0.05) is 31.2 Å². The summed E-state index contributed by atoms with van der Waals surface area (Å²) in [6.45, 7) is -0.139. The fourth-order valence-corrected chi connectivity index (χ4v) is 3.82. The molecule has 1 saturated heterocycles. The van der Waals surface area contributed by atoms with Crippen molar-refractivity contribution in [3.8, 4) is 5.75 Å². The largest absolute Gasteiger partial charge is 0.434 e. The van der Waals surface area contributed by atoms with Crippen LogP contribution in [0.15, 0.2) is 24.3 Å². The molecule has 1 aliphatic carbocycles. The Morgan fingerprint density at radius 1 is 1.23 bits per heavy atom. The maximum absolute atomic E-state index is 12.5. The molecule has 0 aromatic heterocycles. The second-order valence-electron chi connectivity index (χ2n) is 6.20. The number of nitrogens with zero attached hydrogens (tertiary/aromatic N) is 1. The topological polar surface area (TPSA) is 38.5 Å². The number of benzene rings is 1. The number of likely N-dealkylation sites (tertiary alicyclic amines) is 1. The van der Waals surface area contributed by atoms with E-state index in [4.69, 9.17) is 5.73 Å². The lowest BCUT2D eigenvalue weighted by Gasteiger charge is -2.29. The van der Waals surface area contributed by atoms with E-state index < -0.39 is 6.61 Å². The fraction of sp³-hybridized carbons (Fsp3) is 0.625. The van der Waals surface area contributed by atoms with Crippen molar-refractivity contribution in [1.82, 2.24) is 4.90 Å². The van der Waals surface area contributed by atoms with E-state index in [-0.39, 0.29) is 18.2 Å². The van der Waals surface area contributed by atoms with E-state index in [2.05, 4.69) is 9.64 Å². The fourth-order valence-electron chi connectivity index (χ4n) is 3.82. The van der Waals surface area contributed by atoms with Crippen LogP contribution in [0, 0.1) is 11.8 Å². The minimum absolute atomic E-state index is 0. The van der Waals surface area contributed by atoms with Crippen molar-refractivity contribution in [2.24, 2.45) is 17.6 Å². The summed E-state index contributed by atoms with van der Waals surface area (Å²) in [5.74, 6) is 1.51. The van der Waals surface area contributed by atoms with E-state index in [0.717, 1.165) is 25.1 Å². The van der Waals surface area contributed by atoms with Gasteiger partial charge >= 0.3 is 6.61 Å². The molecule has 1 saturated carbocycles. The number of halogens is 3. The van der Waals surface area contributed by atoms with Crippen molar-refractivity contribution < 1.29 is 13.5 Å². The van der Waals surface area contributed by atoms with Crippen molar-refractivity contribution >= 4 is 12.4 Å². The maximum Gasteiger partial charge on any atom is 0.387 e. The number of hydrogen-bond donors (Lipinski definition) is 1. The number of rotatable bonds is 4. The highest BCUT2D eigenvalue weighted by atomic mass is 35.5. The molecule has 3 atom stereocenters. The van der Waals surface area contributed by atoms with E-state index in [1.54, 1.807) is 12.1 Å². The predicted molar refractivity (Wildman–Crippen MR) is 84.4 cm³/mol. The van der Waals surface area contributed by atoms with Crippen LogP contribution >= 0.6 is 12.4 Å². The van der Waals surface area contributed by atoms with E-state index in [9.17, 15) is 8.78 Å². The molecule has 0 amide bonds. The summed E-state index contributed by atoms with van der Waals surface area (Å²) < 4.78 is 29.5. The zero-order chi connectivity index (χ0) is 14.8. The van der Waals surface area contributed by atoms with Gasteiger partial charge in [-0.15, -0.1) is 12.4 Å². The van der Waals surface area contributed by atoms with E-state index in [0.29, 0.717) is 24.4 Å². The summed E-state index contributed by atoms with van der Waals surface area (Å²) in [7, 11) is 0. The summed E-state index contributed by atoms with van der Waals surface area (Å²) >= 11 is 0. The van der Waals surface area contributed by atoms with Crippen LogP contribution < -0.4 is 10.5 Å². The van der Waals surface area contributed by atoms with Crippen molar-refractivity contribution in [3.63, 3.8) is 0 Å². The lowest BCUT2D eigenvalue weighted by atomic mass is 9.78. The van der Waals surface area contributed by atoms with Crippen LogP contribution in [0.25, 0.3) is 0 Å². The van der Waals surface area contributed by atoms with Gasteiger partial charge in [0.05, 0.1) is 0 Å². The molecule has 2 N–H and O–H groups in total. The van der Waals surface area contributed by atoms with Gasteiger partial charge in [0.25, 0.3) is 0 Å². The lowest BCUT2D eigenvalue weighted by molar-refractivity contribution is -0.0507. The Bertz CT molecular complexity index is 489. The van der Waals surface area contributed by atoms with Gasteiger partial charge in [-0.2, -0.15) is 8.78 Å². The van der Waals surface area contributed by atoms with Crippen molar-refractivity contribution in [3.05, 3.63) is 29.8 Å². The van der Waals surface area contributed by atoms with Crippen LogP contribution in [-0.4, -0.2) is 30.6 Å². The zero-order valence-electron chi connectivity index (χ0n) is 12.5. The molecule has 124 valence electrons. The number of alkyl halides is 2. The molecule has 2 fully saturated rings. The smallest absolute Gasteiger partial charge is 0.387 e. The third-order valence-electron chi connectivity index (χ3n) is 4.81. The summed E-state index contributed by atoms with van der Waals surface area (Å²) in [5, 5.41) is 0. The molecule has 6 heteroatoms. The first-order chi connectivity index (χ1) is 10.1. The number of ether oxygens (including phenoxy) is 1. The van der Waals surface area contributed by atoms with Crippen LogP contribution in [0.1, 0.15) is 24.8 Å². The molecule has 22 heavy (non-hydrogen) atoms. The Hall–Kier alpha value is -0.910. The van der Waals surface area contributed by atoms with Crippen LogP contribution in [0.5, 0.6) is 5.75 Å². The van der Waals surface area contributed by atoms with Gasteiger partial charge in [-0.1, -0.05) is 24.6 Å². The quantitative estimate of drug-likeness (QED) is 0.919. The molecule has 1 aromatic carbocycles. The van der Waals surface area contributed by atoms with Crippen LogP contribution in [0.2, 0.25) is 0 Å². The lowest BCUT2D eigenvalue weighted by Crippen LogP contribution is -2.38. The van der Waals surface area contributed by atoms with Crippen LogP contribution in [0.3, 0.4) is 0 Å². The predicted octanol–water partition coefficient (Wildman–Crippen LogP) is 3.27. The van der Waals surface area contributed by atoms with E-state index in [1.807, 2.05) is 12.1 Å². The van der Waals surface area contributed by atoms with Gasteiger partial charge in [0.2, 0.25) is 0 Å². The second kappa shape index (κ2) is 7.57. The molecule has 1 aliphatic heterocycles. The average Bonchev–Trinajstić information content (AvgIpc) is 2.84. The van der Waals surface area contributed by atoms with Crippen molar-refractivity contribution in [1.29, 1.82) is 0 Å². The zero-order valence-corrected chi connectivity index (χ0v) is 13.3. The summed E-state index contributed by atoms with van der Waals surface area (Å²) in [6.07, 6.45) is 3.56. The molecular weight excluding hydrogens is 310 g/mol. The maximum atomic E-state index is 12.5. The first-order valence-corrected chi connectivity index (χ1v) is 7.64. The Balaban J connectivity index is 0.00000176. The third-order valence-corrected chi connectivity index (χ3v) is 4.81. The minimum Gasteiger partial charge on any atom is -0.434 e. The SMILES string of the molecule is Cl.NC1CCCC2CN(Cc3ccccc3OC(F)F)CC12. The Morgan fingerprint density at radius 3 is 2.73 bits per heavy atom. The highest BCUT2D eigenvalue weighted by molar-refractivity contribution is 5.85. The molecule has 3 nitrogen and oxygen atoms in total. The molecule has 0 bridgehead atoms. The Morgan fingerprint density at radius 2 is 2.00 bits per heavy atom. The molecule has 3 rings (SSSR count). The van der Waals surface area contributed by atoms with Gasteiger partial charge in [-0.05, 0) is 30.7 Å². The van der Waals surface area contributed by atoms with E-state index >= 15 is 0 Å². The summed E-state index contributed by atoms with van der Waals surface area (Å²) in [5.41, 5.74) is 7.04. The first-order valence-electron chi connectivity index (χ1n) is 7.64. The van der Waals surface area contributed by atoms with Crippen molar-refractivity contribution in [2.45, 2.75) is 38.5 Å². The molecule has 1 heterocycles. The molecule has 2 aliphatic rings. The van der Waals surface area contributed by atoms with Gasteiger partial charge < -0.3 is 10.5 Å². The number of nitrogens with two attached hydrogens (primary N) is 1. The summed E-state index contributed by atoms with van der Waals surface area (Å²) in [6, 6.07) is 7.35. The number of hydrogen-bond acceptors (Lipinski definition) is 3. The van der Waals surface area contributed by atoms with Gasteiger partial charge in [0.1, 0.15) is 5.75 Å². The van der Waals surface area contributed by atoms with E-state index in [1.165, 1.54) is 12.8 Å². The van der Waals surface area contributed by atoms with Gasteiger partial charge in [-0.25, -0.2) is 0 Å². The average molecular weight is 333 g/mol. The normalized spacial score (nSPS) is 28.3. The molecule has 1 aromatic rings. The highest BCUT2D eigenvalue weighted by Gasteiger charge is 2.38. The molecule has 0 spiro atoms. The number of fused-ring (bicyclic) bond motifs is 1. The molecular formula is C16H23ClF2N2O. The van der Waals surface area contributed by atoms with Gasteiger partial charge in [0.15, 0.2) is 0 Å². The van der Waals surface area contributed by atoms with Gasteiger partial charge in [-0.3, -0.25) is 4.90 Å². The molecule has 3 unspecified atom stereocenters. The third kappa shape index (κ3) is 3.89. The second-order valence-corrected chi connectivity index (χ2v) is 6.20. The molecule has 0 radical (unpaired) electrons. The standard InChI is InChI=1S/C16H22F2N2O.ClH/c17-16(18)21-15-7-2-1-4-12(15)9-20-8-11-5-3-6-14(19)13(11)10-20;/h1-2,4,7,11,13-14,16H,3,5-6,8-10,19H2;1H. The van der Waals surface area contributed by atoms with Crippen LogP contribution in [-0.2, 0) is 6.54 Å². The Labute approximate surface area is 136 Å². The highest BCUT2D eigenvalue weighted by Crippen LogP contribution is 2.36.